The first-order valence-corrected chi connectivity index (χ1v) is 6.24. The van der Waals surface area contributed by atoms with E-state index < -0.39 is 21.2 Å². The van der Waals surface area contributed by atoms with Crippen molar-refractivity contribution < 1.29 is 19.4 Å². The minimum Gasteiger partial charge on any atom is -0.479 e. The first kappa shape index (κ1) is 14.3. The number of alkyl halides is 1. The van der Waals surface area contributed by atoms with Crippen molar-refractivity contribution in [2.24, 2.45) is 0 Å². The van der Waals surface area contributed by atoms with Gasteiger partial charge in [0.05, 0.1) is 0 Å². The van der Waals surface area contributed by atoms with Gasteiger partial charge in [-0.05, 0) is 43.4 Å². The lowest BCUT2D eigenvalue weighted by Crippen LogP contribution is -2.49. The van der Waals surface area contributed by atoms with Crippen LogP contribution in [0.3, 0.4) is 0 Å². The quantitative estimate of drug-likeness (QED) is 0.340. The van der Waals surface area contributed by atoms with Gasteiger partial charge in [-0.1, -0.05) is 12.2 Å². The standard InChI is InChI=1S/C11H16INO4/c1-7-5-11(12,8(14)15)13(6-7)9(16)17-10(2,3)4/h1,5-6H2,2-4H3,(H,14,15). The van der Waals surface area contributed by atoms with Crippen molar-refractivity contribution in [1.29, 1.82) is 0 Å². The Labute approximate surface area is 114 Å². The molecule has 0 spiro atoms. The predicted octanol–water partition coefficient (Wildman–Crippen LogP) is 2.40. The lowest BCUT2D eigenvalue weighted by atomic mass is 10.2. The highest BCUT2D eigenvalue weighted by molar-refractivity contribution is 14.1. The number of rotatable bonds is 1. The number of carbonyl (C=O) groups is 2. The van der Waals surface area contributed by atoms with E-state index in [1.165, 1.54) is 4.90 Å². The van der Waals surface area contributed by atoms with Gasteiger partial charge in [-0.25, -0.2) is 9.59 Å². The van der Waals surface area contributed by atoms with Crippen LogP contribution in [0.1, 0.15) is 27.2 Å². The van der Waals surface area contributed by atoms with Crippen LogP contribution in [0.4, 0.5) is 4.79 Å². The molecule has 0 aromatic heterocycles. The molecule has 5 nitrogen and oxygen atoms in total. The molecule has 1 amide bonds. The number of carbonyl (C=O) groups excluding carboxylic acids is 1. The minimum atomic E-state index is -1.28. The summed E-state index contributed by atoms with van der Waals surface area (Å²) in [6, 6.07) is 0. The van der Waals surface area contributed by atoms with Crippen molar-refractivity contribution in [2.75, 3.05) is 6.54 Å². The zero-order chi connectivity index (χ0) is 13.4. The van der Waals surface area contributed by atoms with Gasteiger partial charge >= 0.3 is 12.1 Å². The number of carboxylic acid groups (broad SMARTS) is 1. The summed E-state index contributed by atoms with van der Waals surface area (Å²) in [4.78, 5) is 24.4. The number of ether oxygens (including phenoxy) is 1. The second-order valence-electron chi connectivity index (χ2n) is 5.06. The van der Waals surface area contributed by atoms with Crippen LogP contribution in [0.2, 0.25) is 0 Å². The summed E-state index contributed by atoms with van der Waals surface area (Å²) in [7, 11) is 0. The number of hydrogen-bond donors (Lipinski definition) is 1. The Morgan fingerprint density at radius 2 is 2.06 bits per heavy atom. The van der Waals surface area contributed by atoms with Crippen LogP contribution in [0.15, 0.2) is 12.2 Å². The summed E-state index contributed by atoms with van der Waals surface area (Å²) >= 11 is 1.76. The molecule has 1 rings (SSSR count). The van der Waals surface area contributed by atoms with Crippen molar-refractivity contribution in [1.82, 2.24) is 4.90 Å². The van der Waals surface area contributed by atoms with Gasteiger partial charge in [0, 0.05) is 13.0 Å². The SMILES string of the molecule is C=C1CN(C(=O)OC(C)(C)C)C(I)(C(=O)O)C1. The van der Waals surface area contributed by atoms with E-state index in [0.717, 1.165) is 0 Å². The fourth-order valence-electron chi connectivity index (χ4n) is 1.55. The molecule has 1 fully saturated rings. The van der Waals surface area contributed by atoms with Gasteiger partial charge in [0.1, 0.15) is 5.60 Å². The maximum absolute atomic E-state index is 11.9. The van der Waals surface area contributed by atoms with Gasteiger partial charge in [0.2, 0.25) is 0 Å². The number of likely N-dealkylation sites (tertiary alicyclic amines) is 1. The lowest BCUT2D eigenvalue weighted by Gasteiger charge is -2.31. The smallest absolute Gasteiger partial charge is 0.412 e. The molecular formula is C11H16INO4. The molecule has 17 heavy (non-hydrogen) atoms. The molecule has 0 radical (unpaired) electrons. The van der Waals surface area contributed by atoms with Crippen LogP contribution in [-0.4, -0.2) is 37.8 Å². The molecule has 96 valence electrons. The fourth-order valence-corrected chi connectivity index (χ4v) is 2.46. The zero-order valence-corrected chi connectivity index (χ0v) is 12.3. The Hall–Kier alpha value is -0.790. The van der Waals surface area contributed by atoms with Crippen molar-refractivity contribution >= 4 is 34.7 Å². The van der Waals surface area contributed by atoms with Crippen molar-refractivity contribution in [3.8, 4) is 0 Å². The summed E-state index contributed by atoms with van der Waals surface area (Å²) in [6.45, 7) is 9.19. The van der Waals surface area contributed by atoms with Gasteiger partial charge in [0.25, 0.3) is 0 Å². The first-order valence-electron chi connectivity index (χ1n) is 5.16. The average Bonchev–Trinajstić information content (AvgIpc) is 2.40. The van der Waals surface area contributed by atoms with Crippen LogP contribution in [-0.2, 0) is 9.53 Å². The van der Waals surface area contributed by atoms with Gasteiger partial charge in [0.15, 0.2) is 3.55 Å². The number of hydrogen-bond acceptors (Lipinski definition) is 3. The summed E-state index contributed by atoms with van der Waals surface area (Å²) in [6.07, 6.45) is -0.366. The van der Waals surface area contributed by atoms with Crippen molar-refractivity contribution in [2.45, 2.75) is 36.3 Å². The van der Waals surface area contributed by atoms with E-state index in [4.69, 9.17) is 4.74 Å². The number of amides is 1. The van der Waals surface area contributed by atoms with E-state index in [9.17, 15) is 14.7 Å². The second kappa shape index (κ2) is 4.47. The molecule has 1 unspecified atom stereocenters. The minimum absolute atomic E-state index is 0.226. The van der Waals surface area contributed by atoms with Gasteiger partial charge in [-0.3, -0.25) is 4.90 Å². The lowest BCUT2D eigenvalue weighted by molar-refractivity contribution is -0.142. The Morgan fingerprint density at radius 3 is 2.47 bits per heavy atom. The number of halogens is 1. The normalized spacial score (nSPS) is 24.9. The van der Waals surface area contributed by atoms with Crippen LogP contribution in [0.25, 0.3) is 0 Å². The van der Waals surface area contributed by atoms with Crippen molar-refractivity contribution in [3.63, 3.8) is 0 Å². The molecule has 0 saturated carbocycles. The maximum atomic E-state index is 11.9. The molecule has 0 aromatic carbocycles. The molecular weight excluding hydrogens is 337 g/mol. The molecule has 0 aromatic rings. The highest BCUT2D eigenvalue weighted by Crippen LogP contribution is 2.39. The summed E-state index contributed by atoms with van der Waals surface area (Å²) in [5.41, 5.74) is 0.0736. The summed E-state index contributed by atoms with van der Waals surface area (Å²) in [5, 5.41) is 9.21. The summed E-state index contributed by atoms with van der Waals surface area (Å²) < 4.78 is 3.91. The zero-order valence-electron chi connectivity index (χ0n) is 10.1. The Bertz CT molecular complexity index is 374. The molecule has 1 atom stereocenters. The van der Waals surface area contributed by atoms with Gasteiger partial charge in [-0.15, -0.1) is 0 Å². The van der Waals surface area contributed by atoms with E-state index in [2.05, 4.69) is 6.58 Å². The first-order chi connectivity index (χ1) is 7.56. The average molecular weight is 353 g/mol. The summed E-state index contributed by atoms with van der Waals surface area (Å²) in [5.74, 6) is -1.05. The topological polar surface area (TPSA) is 66.8 Å². The molecule has 0 bridgehead atoms. The van der Waals surface area contributed by atoms with E-state index in [1.54, 1.807) is 43.4 Å². The van der Waals surface area contributed by atoms with E-state index in [-0.39, 0.29) is 13.0 Å². The molecule has 1 aliphatic rings. The van der Waals surface area contributed by atoms with Crippen LogP contribution in [0.5, 0.6) is 0 Å². The van der Waals surface area contributed by atoms with Crippen LogP contribution < -0.4 is 0 Å². The molecule has 0 aliphatic carbocycles. The highest BCUT2D eigenvalue weighted by Gasteiger charge is 2.50. The molecule has 6 heteroatoms. The van der Waals surface area contributed by atoms with E-state index in [0.29, 0.717) is 5.57 Å². The predicted molar refractivity (Wildman–Crippen MR) is 71.1 cm³/mol. The second-order valence-corrected chi connectivity index (χ2v) is 6.84. The van der Waals surface area contributed by atoms with Crippen LogP contribution >= 0.6 is 22.6 Å². The van der Waals surface area contributed by atoms with E-state index >= 15 is 0 Å². The molecule has 1 aliphatic heterocycles. The maximum Gasteiger partial charge on any atom is 0.412 e. The Morgan fingerprint density at radius 1 is 1.53 bits per heavy atom. The number of nitrogens with zero attached hydrogens (tertiary/aromatic N) is 1. The number of carboxylic acids is 1. The Balaban J connectivity index is 2.92. The monoisotopic (exact) mass is 353 g/mol. The third-order valence-corrected chi connectivity index (χ3v) is 3.66. The van der Waals surface area contributed by atoms with Gasteiger partial charge < -0.3 is 9.84 Å². The molecule has 1 N–H and O–H groups in total. The van der Waals surface area contributed by atoms with Crippen molar-refractivity contribution in [3.05, 3.63) is 12.2 Å². The highest BCUT2D eigenvalue weighted by atomic mass is 127. The third kappa shape index (κ3) is 3.11. The van der Waals surface area contributed by atoms with Gasteiger partial charge in [-0.2, -0.15) is 0 Å². The Kier molecular flexibility index (Phi) is 3.75. The molecule has 1 saturated heterocycles. The van der Waals surface area contributed by atoms with E-state index in [1.807, 2.05) is 0 Å². The molecule has 1 heterocycles. The number of aliphatic carboxylic acids is 1. The largest absolute Gasteiger partial charge is 0.479 e. The van der Waals surface area contributed by atoms with Crippen LogP contribution in [0, 0.1) is 0 Å². The fraction of sp³-hybridized carbons (Fsp3) is 0.636. The third-order valence-electron chi connectivity index (χ3n) is 2.24.